The zero-order chi connectivity index (χ0) is 15.7. The third-order valence-electron chi connectivity index (χ3n) is 2.87. The van der Waals surface area contributed by atoms with Gasteiger partial charge in [-0.2, -0.15) is 0 Å². The Balaban J connectivity index is 2.02. The van der Waals surface area contributed by atoms with E-state index in [1.165, 1.54) is 12.4 Å². The molecular weight excluding hydrogens is 294 g/mol. The number of hydrogen-bond donors (Lipinski definition) is 1. The van der Waals surface area contributed by atoms with Crippen LogP contribution in [0.15, 0.2) is 36.8 Å². The van der Waals surface area contributed by atoms with Crippen molar-refractivity contribution in [3.8, 4) is 11.6 Å². The highest BCUT2D eigenvalue weighted by atomic mass is 16.6. The summed E-state index contributed by atoms with van der Waals surface area (Å²) in [5.74, 6) is 0.257. The van der Waals surface area contributed by atoms with Crippen LogP contribution in [0.5, 0.6) is 11.6 Å². The van der Waals surface area contributed by atoms with Crippen LogP contribution in [0.2, 0.25) is 0 Å². The van der Waals surface area contributed by atoms with Gasteiger partial charge in [0, 0.05) is 12.3 Å². The number of aromatic nitrogens is 3. The molecular formula is C12H7N5O5. The predicted molar refractivity (Wildman–Crippen MR) is 73.7 cm³/mol. The third-order valence-corrected chi connectivity index (χ3v) is 2.87. The molecule has 0 unspecified atom stereocenters. The molecule has 0 spiro atoms. The van der Waals surface area contributed by atoms with Crippen LogP contribution >= 0.6 is 0 Å². The summed E-state index contributed by atoms with van der Waals surface area (Å²) >= 11 is 0. The molecule has 0 atom stereocenters. The molecule has 2 heterocycles. The van der Waals surface area contributed by atoms with Crippen molar-refractivity contribution in [3.63, 3.8) is 0 Å². The van der Waals surface area contributed by atoms with Crippen LogP contribution in [0.25, 0.3) is 11.0 Å². The highest BCUT2D eigenvalue weighted by molar-refractivity contribution is 5.80. The van der Waals surface area contributed by atoms with E-state index in [0.29, 0.717) is 11.0 Å². The topological polar surface area (TPSA) is 137 Å². The molecule has 0 amide bonds. The van der Waals surface area contributed by atoms with Crippen LogP contribution < -0.4 is 4.74 Å². The van der Waals surface area contributed by atoms with Gasteiger partial charge in [0.25, 0.3) is 0 Å². The minimum absolute atomic E-state index is 0.0681. The van der Waals surface area contributed by atoms with E-state index in [0.717, 1.165) is 12.1 Å². The van der Waals surface area contributed by atoms with Crippen LogP contribution in [-0.2, 0) is 0 Å². The molecule has 10 nitrogen and oxygen atoms in total. The number of aromatic amines is 1. The van der Waals surface area contributed by atoms with Crippen molar-refractivity contribution in [2.24, 2.45) is 0 Å². The first-order valence-electron chi connectivity index (χ1n) is 5.95. The van der Waals surface area contributed by atoms with E-state index in [1.807, 2.05) is 0 Å². The lowest BCUT2D eigenvalue weighted by Crippen LogP contribution is -1.97. The molecule has 22 heavy (non-hydrogen) atoms. The summed E-state index contributed by atoms with van der Waals surface area (Å²) < 4.78 is 5.48. The van der Waals surface area contributed by atoms with Gasteiger partial charge in [0.1, 0.15) is 17.7 Å². The number of ether oxygens (including phenoxy) is 1. The Labute approximate surface area is 121 Å². The molecule has 3 rings (SSSR count). The SMILES string of the molecule is O=[N+]([O-])c1ccc(Oc2ncnc3[nH]ccc23)cc1[N+](=O)[O-]. The molecule has 0 saturated heterocycles. The molecule has 0 aliphatic heterocycles. The molecule has 0 fully saturated rings. The first-order chi connectivity index (χ1) is 10.6. The van der Waals surface area contributed by atoms with Crippen molar-refractivity contribution in [2.45, 2.75) is 0 Å². The molecule has 2 aromatic heterocycles. The number of hydrogen-bond acceptors (Lipinski definition) is 7. The second-order valence-electron chi connectivity index (χ2n) is 4.19. The zero-order valence-electron chi connectivity index (χ0n) is 10.8. The lowest BCUT2D eigenvalue weighted by atomic mass is 10.2. The summed E-state index contributed by atoms with van der Waals surface area (Å²) in [7, 11) is 0. The number of nitrogens with zero attached hydrogens (tertiary/aromatic N) is 4. The largest absolute Gasteiger partial charge is 0.438 e. The molecule has 0 radical (unpaired) electrons. The average molecular weight is 301 g/mol. The van der Waals surface area contributed by atoms with Crippen molar-refractivity contribution in [1.29, 1.82) is 0 Å². The minimum Gasteiger partial charge on any atom is -0.438 e. The second-order valence-corrected chi connectivity index (χ2v) is 4.19. The van der Waals surface area contributed by atoms with E-state index in [-0.39, 0.29) is 11.6 Å². The van der Waals surface area contributed by atoms with Gasteiger partial charge in [-0.05, 0) is 12.1 Å². The first kappa shape index (κ1) is 13.4. The van der Waals surface area contributed by atoms with E-state index >= 15 is 0 Å². The van der Waals surface area contributed by atoms with Gasteiger partial charge in [-0.15, -0.1) is 0 Å². The van der Waals surface area contributed by atoms with Gasteiger partial charge in [0.15, 0.2) is 0 Å². The van der Waals surface area contributed by atoms with Crippen molar-refractivity contribution < 1.29 is 14.6 Å². The molecule has 0 aliphatic rings. The summed E-state index contributed by atoms with van der Waals surface area (Å²) in [6.45, 7) is 0. The van der Waals surface area contributed by atoms with Crippen LogP contribution in [0.3, 0.4) is 0 Å². The number of nitro benzene ring substituents is 2. The Morgan fingerprint density at radius 2 is 1.82 bits per heavy atom. The van der Waals surface area contributed by atoms with Gasteiger partial charge in [0.2, 0.25) is 5.88 Å². The van der Waals surface area contributed by atoms with Crippen LogP contribution in [-0.4, -0.2) is 24.8 Å². The molecule has 10 heteroatoms. The number of nitrogens with one attached hydrogen (secondary N) is 1. The first-order valence-corrected chi connectivity index (χ1v) is 5.95. The average Bonchev–Trinajstić information content (AvgIpc) is 2.96. The van der Waals surface area contributed by atoms with Crippen molar-refractivity contribution in [3.05, 3.63) is 57.0 Å². The Bertz CT molecular complexity index is 890. The van der Waals surface area contributed by atoms with Crippen molar-refractivity contribution in [2.75, 3.05) is 0 Å². The fourth-order valence-corrected chi connectivity index (χ4v) is 1.91. The van der Waals surface area contributed by atoms with Crippen LogP contribution in [0.4, 0.5) is 11.4 Å². The monoisotopic (exact) mass is 301 g/mol. The number of fused-ring (bicyclic) bond motifs is 1. The Morgan fingerprint density at radius 1 is 1.05 bits per heavy atom. The van der Waals surface area contributed by atoms with E-state index in [2.05, 4.69) is 15.0 Å². The van der Waals surface area contributed by atoms with Gasteiger partial charge in [-0.1, -0.05) is 0 Å². The lowest BCUT2D eigenvalue weighted by molar-refractivity contribution is -0.422. The fourth-order valence-electron chi connectivity index (χ4n) is 1.91. The maximum Gasteiger partial charge on any atom is 0.349 e. The van der Waals surface area contributed by atoms with Gasteiger partial charge < -0.3 is 9.72 Å². The van der Waals surface area contributed by atoms with Crippen molar-refractivity contribution in [1.82, 2.24) is 15.0 Å². The van der Waals surface area contributed by atoms with Gasteiger partial charge in [-0.3, -0.25) is 20.2 Å². The normalized spacial score (nSPS) is 10.5. The molecule has 3 aromatic rings. The summed E-state index contributed by atoms with van der Waals surface area (Å²) in [4.78, 5) is 30.8. The molecule has 0 saturated carbocycles. The third kappa shape index (κ3) is 2.28. The number of rotatable bonds is 4. The summed E-state index contributed by atoms with van der Waals surface area (Å²) in [5.41, 5.74) is -0.713. The minimum atomic E-state index is -0.836. The summed E-state index contributed by atoms with van der Waals surface area (Å²) in [6, 6.07) is 4.96. The molecule has 110 valence electrons. The quantitative estimate of drug-likeness (QED) is 0.577. The maximum atomic E-state index is 10.9. The lowest BCUT2D eigenvalue weighted by Gasteiger charge is -2.05. The predicted octanol–water partition coefficient (Wildman–Crippen LogP) is 2.57. The summed E-state index contributed by atoms with van der Waals surface area (Å²) in [6.07, 6.45) is 2.92. The van der Waals surface area contributed by atoms with Gasteiger partial charge in [-0.25, -0.2) is 9.97 Å². The second kappa shape index (κ2) is 5.09. The van der Waals surface area contributed by atoms with E-state index in [1.54, 1.807) is 12.3 Å². The van der Waals surface area contributed by atoms with Crippen molar-refractivity contribution >= 4 is 22.4 Å². The van der Waals surface area contributed by atoms with Crippen LogP contribution in [0.1, 0.15) is 0 Å². The zero-order valence-corrected chi connectivity index (χ0v) is 10.8. The number of H-pyrrole nitrogens is 1. The van der Waals surface area contributed by atoms with E-state index in [9.17, 15) is 20.2 Å². The highest BCUT2D eigenvalue weighted by Crippen LogP contribution is 2.33. The molecule has 1 N–H and O–H groups in total. The number of benzene rings is 1. The standard InChI is InChI=1S/C12H7N5O5/c18-16(19)9-2-1-7(5-10(9)17(20)21)22-12-8-3-4-13-11(8)14-6-15-12/h1-6H,(H,13,14,15). The molecule has 0 bridgehead atoms. The molecule has 0 aliphatic carbocycles. The smallest absolute Gasteiger partial charge is 0.349 e. The Morgan fingerprint density at radius 3 is 2.55 bits per heavy atom. The Kier molecular flexibility index (Phi) is 3.10. The summed E-state index contributed by atoms with van der Waals surface area (Å²) in [5, 5.41) is 22.3. The van der Waals surface area contributed by atoms with Gasteiger partial charge in [0.05, 0.1) is 21.3 Å². The highest BCUT2D eigenvalue weighted by Gasteiger charge is 2.25. The molecule has 1 aromatic carbocycles. The Hall–Kier alpha value is -3.56. The van der Waals surface area contributed by atoms with Gasteiger partial charge >= 0.3 is 11.4 Å². The van der Waals surface area contributed by atoms with Crippen LogP contribution in [0, 0.1) is 20.2 Å². The van der Waals surface area contributed by atoms with E-state index in [4.69, 9.17) is 4.74 Å². The fraction of sp³-hybridized carbons (Fsp3) is 0. The van der Waals surface area contributed by atoms with E-state index < -0.39 is 21.2 Å². The maximum absolute atomic E-state index is 10.9. The number of nitro groups is 2.